The van der Waals surface area contributed by atoms with Crippen LogP contribution in [0.1, 0.15) is 27.2 Å². The van der Waals surface area contributed by atoms with Crippen LogP contribution in [0.5, 0.6) is 0 Å². The molecule has 0 saturated carbocycles. The number of ether oxygens (including phenoxy) is 2. The average molecular weight is 187 g/mol. The first kappa shape index (κ1) is 11.0. The quantitative estimate of drug-likeness (QED) is 0.724. The van der Waals surface area contributed by atoms with E-state index in [0.717, 1.165) is 19.6 Å². The zero-order chi connectivity index (χ0) is 9.90. The molecule has 78 valence electrons. The molecule has 0 bridgehead atoms. The summed E-state index contributed by atoms with van der Waals surface area (Å²) < 4.78 is 11.3. The van der Waals surface area contributed by atoms with Gasteiger partial charge >= 0.3 is 0 Å². The molecule has 3 nitrogen and oxygen atoms in total. The van der Waals surface area contributed by atoms with Crippen molar-refractivity contribution in [1.29, 1.82) is 0 Å². The Labute approximate surface area is 80.8 Å². The van der Waals surface area contributed by atoms with Crippen LogP contribution in [0.3, 0.4) is 0 Å². The Morgan fingerprint density at radius 3 is 2.69 bits per heavy atom. The monoisotopic (exact) mass is 187 g/mol. The first-order chi connectivity index (χ1) is 6.06. The van der Waals surface area contributed by atoms with E-state index in [1.54, 1.807) is 0 Å². The smallest absolute Gasteiger partial charge is 0.164 e. The summed E-state index contributed by atoms with van der Waals surface area (Å²) in [5.41, 5.74) is 0.0451. The van der Waals surface area contributed by atoms with Gasteiger partial charge in [0.05, 0.1) is 12.7 Å². The van der Waals surface area contributed by atoms with Crippen molar-refractivity contribution in [3.63, 3.8) is 0 Å². The molecule has 0 aromatic heterocycles. The van der Waals surface area contributed by atoms with Crippen molar-refractivity contribution in [3.05, 3.63) is 0 Å². The molecular weight excluding hydrogens is 166 g/mol. The van der Waals surface area contributed by atoms with Gasteiger partial charge in [0.2, 0.25) is 0 Å². The molecule has 1 fully saturated rings. The summed E-state index contributed by atoms with van der Waals surface area (Å²) >= 11 is 0. The summed E-state index contributed by atoms with van der Waals surface area (Å²) in [6.07, 6.45) is 1.27. The van der Waals surface area contributed by atoms with Gasteiger partial charge in [-0.3, -0.25) is 0 Å². The van der Waals surface area contributed by atoms with E-state index in [0.29, 0.717) is 6.10 Å². The third kappa shape index (κ3) is 2.93. The molecule has 1 N–H and O–H groups in total. The van der Waals surface area contributed by atoms with Crippen LogP contribution in [0, 0.1) is 5.41 Å². The lowest BCUT2D eigenvalue weighted by atomic mass is 9.92. The normalized spacial score (nSPS) is 30.5. The van der Waals surface area contributed by atoms with Gasteiger partial charge in [0.15, 0.2) is 6.29 Å². The van der Waals surface area contributed by atoms with Crippen molar-refractivity contribution in [1.82, 2.24) is 5.32 Å². The summed E-state index contributed by atoms with van der Waals surface area (Å²) in [4.78, 5) is 0. The highest BCUT2D eigenvalue weighted by Crippen LogP contribution is 2.28. The van der Waals surface area contributed by atoms with Crippen LogP contribution in [0.25, 0.3) is 0 Å². The minimum atomic E-state index is -0.0660. The molecule has 0 radical (unpaired) electrons. The Morgan fingerprint density at radius 2 is 2.15 bits per heavy atom. The van der Waals surface area contributed by atoms with Crippen molar-refractivity contribution < 1.29 is 9.47 Å². The first-order valence-electron chi connectivity index (χ1n) is 4.98. The van der Waals surface area contributed by atoms with Crippen molar-refractivity contribution in [2.45, 2.75) is 39.6 Å². The number of hydrogen-bond donors (Lipinski definition) is 1. The fourth-order valence-corrected chi connectivity index (χ4v) is 1.61. The van der Waals surface area contributed by atoms with Gasteiger partial charge in [-0.15, -0.1) is 0 Å². The van der Waals surface area contributed by atoms with E-state index in [4.69, 9.17) is 9.47 Å². The van der Waals surface area contributed by atoms with Crippen LogP contribution < -0.4 is 5.32 Å². The lowest BCUT2D eigenvalue weighted by molar-refractivity contribution is -0.251. The van der Waals surface area contributed by atoms with E-state index in [1.807, 2.05) is 7.05 Å². The van der Waals surface area contributed by atoms with Gasteiger partial charge in [0.1, 0.15) is 0 Å². The lowest BCUT2D eigenvalue weighted by Gasteiger charge is -2.38. The zero-order valence-electron chi connectivity index (χ0n) is 9.09. The molecule has 1 aliphatic rings. The molecule has 1 aliphatic heterocycles. The largest absolute Gasteiger partial charge is 0.352 e. The second-order valence-electron chi connectivity index (χ2n) is 4.46. The molecule has 1 rings (SSSR count). The second kappa shape index (κ2) is 4.40. The van der Waals surface area contributed by atoms with Crippen LogP contribution in [-0.4, -0.2) is 32.6 Å². The van der Waals surface area contributed by atoms with Gasteiger partial charge < -0.3 is 14.8 Å². The molecule has 2 atom stereocenters. The van der Waals surface area contributed by atoms with Gasteiger partial charge in [-0.2, -0.15) is 0 Å². The second-order valence-corrected chi connectivity index (χ2v) is 4.46. The molecular formula is C10H21NO2. The van der Waals surface area contributed by atoms with Crippen LogP contribution in [0.15, 0.2) is 0 Å². The van der Waals surface area contributed by atoms with E-state index in [9.17, 15) is 0 Å². The number of nitrogens with one attached hydrogen (secondary N) is 1. The molecule has 0 aliphatic carbocycles. The highest BCUT2D eigenvalue weighted by Gasteiger charge is 2.34. The van der Waals surface area contributed by atoms with E-state index < -0.39 is 0 Å². The Kier molecular flexibility index (Phi) is 3.71. The summed E-state index contributed by atoms with van der Waals surface area (Å²) in [5, 5.41) is 3.16. The van der Waals surface area contributed by atoms with Crippen molar-refractivity contribution in [2.75, 3.05) is 20.2 Å². The van der Waals surface area contributed by atoms with Gasteiger partial charge in [-0.05, 0) is 20.4 Å². The Bertz CT molecular complexity index is 159. The van der Waals surface area contributed by atoms with E-state index in [2.05, 4.69) is 26.1 Å². The molecule has 0 spiro atoms. The molecule has 0 aromatic carbocycles. The minimum absolute atomic E-state index is 0.0451. The summed E-state index contributed by atoms with van der Waals surface area (Å²) in [6.45, 7) is 8.15. The molecule has 0 aromatic rings. The van der Waals surface area contributed by atoms with E-state index >= 15 is 0 Å². The SMILES string of the molecule is CNCC(C)(C)C1OCCC(C)O1. The minimum Gasteiger partial charge on any atom is -0.352 e. The Hall–Kier alpha value is -0.120. The van der Waals surface area contributed by atoms with Crippen molar-refractivity contribution >= 4 is 0 Å². The Morgan fingerprint density at radius 1 is 1.46 bits per heavy atom. The average Bonchev–Trinajstić information content (AvgIpc) is 2.04. The third-order valence-corrected chi connectivity index (χ3v) is 2.42. The maximum absolute atomic E-state index is 5.74. The maximum atomic E-state index is 5.74. The summed E-state index contributed by atoms with van der Waals surface area (Å²) in [7, 11) is 1.95. The highest BCUT2D eigenvalue weighted by molar-refractivity contribution is 4.77. The highest BCUT2D eigenvalue weighted by atomic mass is 16.7. The van der Waals surface area contributed by atoms with Crippen LogP contribution in [0.2, 0.25) is 0 Å². The lowest BCUT2D eigenvalue weighted by Crippen LogP contribution is -2.45. The maximum Gasteiger partial charge on any atom is 0.164 e. The van der Waals surface area contributed by atoms with Crippen LogP contribution >= 0.6 is 0 Å². The van der Waals surface area contributed by atoms with E-state index in [-0.39, 0.29) is 11.7 Å². The number of rotatable bonds is 3. The third-order valence-electron chi connectivity index (χ3n) is 2.42. The molecule has 2 unspecified atom stereocenters. The molecule has 1 saturated heterocycles. The predicted octanol–water partition coefficient (Wildman–Crippen LogP) is 1.38. The number of hydrogen-bond acceptors (Lipinski definition) is 3. The fourth-order valence-electron chi connectivity index (χ4n) is 1.61. The van der Waals surface area contributed by atoms with Crippen molar-refractivity contribution in [2.24, 2.45) is 5.41 Å². The fraction of sp³-hybridized carbons (Fsp3) is 1.00. The zero-order valence-corrected chi connectivity index (χ0v) is 9.09. The first-order valence-corrected chi connectivity index (χ1v) is 4.98. The summed E-state index contributed by atoms with van der Waals surface area (Å²) in [5.74, 6) is 0. The predicted molar refractivity (Wildman–Crippen MR) is 52.6 cm³/mol. The summed E-state index contributed by atoms with van der Waals surface area (Å²) in [6, 6.07) is 0. The molecule has 13 heavy (non-hydrogen) atoms. The topological polar surface area (TPSA) is 30.5 Å². The van der Waals surface area contributed by atoms with Gasteiger partial charge in [0.25, 0.3) is 0 Å². The van der Waals surface area contributed by atoms with Gasteiger partial charge in [0, 0.05) is 12.0 Å². The molecule has 0 amide bonds. The van der Waals surface area contributed by atoms with E-state index in [1.165, 1.54) is 0 Å². The van der Waals surface area contributed by atoms with Crippen LogP contribution in [-0.2, 0) is 9.47 Å². The standard InChI is InChI=1S/C10H21NO2/c1-8-5-6-12-9(13-8)10(2,3)7-11-4/h8-9,11H,5-7H2,1-4H3. The molecule has 3 heteroatoms. The Balaban J connectivity index is 2.48. The van der Waals surface area contributed by atoms with Gasteiger partial charge in [-0.1, -0.05) is 13.8 Å². The molecule has 1 heterocycles. The van der Waals surface area contributed by atoms with Crippen molar-refractivity contribution in [3.8, 4) is 0 Å². The van der Waals surface area contributed by atoms with Gasteiger partial charge in [-0.25, -0.2) is 0 Å². The van der Waals surface area contributed by atoms with Crippen LogP contribution in [0.4, 0.5) is 0 Å².